The highest BCUT2D eigenvalue weighted by Gasteiger charge is 2.68. The maximum atomic E-state index is 12.3. The molecule has 4 unspecified atom stereocenters. The van der Waals surface area contributed by atoms with Gasteiger partial charge in [-0.2, -0.15) is 0 Å². The average molecular weight is 432 g/mol. The Bertz CT molecular complexity index is 520. The first-order valence-electron chi connectivity index (χ1n) is 8.84. The molecule has 3 aliphatic carbocycles. The van der Waals surface area contributed by atoms with Crippen LogP contribution < -0.4 is 3.53 Å². The van der Waals surface area contributed by atoms with E-state index in [-0.39, 0.29) is 30.7 Å². The number of likely N-dealkylation sites (tertiary alicyclic amines) is 1. The third-order valence-electron chi connectivity index (χ3n) is 7.12. The molecule has 5 nitrogen and oxygen atoms in total. The molecule has 7 heteroatoms. The first-order valence-corrected chi connectivity index (χ1v) is 9.92. The van der Waals surface area contributed by atoms with E-state index in [4.69, 9.17) is 9.31 Å². The molecule has 0 aromatic heterocycles. The summed E-state index contributed by atoms with van der Waals surface area (Å²) in [6, 6.07) is 0. The summed E-state index contributed by atoms with van der Waals surface area (Å²) in [6.07, 6.45) is 4.59. The normalized spacial score (nSPS) is 44.2. The van der Waals surface area contributed by atoms with E-state index in [1.165, 1.54) is 6.42 Å². The molecule has 3 saturated carbocycles. The number of hydrogen-bond donors (Lipinski definition) is 1. The lowest BCUT2D eigenvalue weighted by Gasteiger charge is -2.64. The molecule has 1 amide bonds. The molecule has 128 valence electrons. The minimum Gasteiger partial charge on any atom is -0.404 e. The molecule has 0 aromatic rings. The zero-order valence-electron chi connectivity index (χ0n) is 14.2. The fraction of sp³-hybridized carbons (Fsp3) is 0.938. The van der Waals surface area contributed by atoms with Gasteiger partial charge in [0.15, 0.2) is 0 Å². The fourth-order valence-electron chi connectivity index (χ4n) is 5.61. The van der Waals surface area contributed by atoms with Crippen molar-refractivity contribution in [1.29, 1.82) is 0 Å². The highest BCUT2D eigenvalue weighted by molar-refractivity contribution is 14.1. The zero-order valence-corrected chi connectivity index (χ0v) is 16.3. The van der Waals surface area contributed by atoms with Crippen molar-refractivity contribution in [3.63, 3.8) is 0 Å². The topological polar surface area (TPSA) is 50.8 Å². The Labute approximate surface area is 152 Å². The summed E-state index contributed by atoms with van der Waals surface area (Å²) in [4.78, 5) is 14.3. The number of amides is 1. The summed E-state index contributed by atoms with van der Waals surface area (Å²) in [7, 11) is -0.249. The van der Waals surface area contributed by atoms with Crippen molar-refractivity contribution in [3.8, 4) is 0 Å². The van der Waals surface area contributed by atoms with Crippen LogP contribution in [0, 0.1) is 17.3 Å². The minimum absolute atomic E-state index is 0.0787. The van der Waals surface area contributed by atoms with Gasteiger partial charge in [-0.3, -0.25) is 8.32 Å². The number of halogens is 1. The zero-order chi connectivity index (χ0) is 16.4. The van der Waals surface area contributed by atoms with Crippen LogP contribution in [0.4, 0.5) is 0 Å². The van der Waals surface area contributed by atoms with Gasteiger partial charge in [-0.25, -0.2) is 0 Å². The molecule has 0 aromatic carbocycles. The molecule has 2 bridgehead atoms. The monoisotopic (exact) mass is 432 g/mol. The minimum atomic E-state index is -0.249. The van der Waals surface area contributed by atoms with Crippen molar-refractivity contribution in [2.24, 2.45) is 17.3 Å². The van der Waals surface area contributed by atoms with Gasteiger partial charge in [0, 0.05) is 29.4 Å². The molecule has 5 atom stereocenters. The summed E-state index contributed by atoms with van der Waals surface area (Å²) in [5, 5.41) is 0. The first kappa shape index (κ1) is 16.6. The third kappa shape index (κ3) is 2.33. The maximum Gasteiger partial charge on any atom is 0.481 e. The number of nitrogens with zero attached hydrogens (tertiary/aromatic N) is 1. The van der Waals surface area contributed by atoms with E-state index in [0.717, 1.165) is 31.7 Å². The van der Waals surface area contributed by atoms with Crippen molar-refractivity contribution in [2.75, 3.05) is 13.1 Å². The largest absolute Gasteiger partial charge is 0.481 e. The van der Waals surface area contributed by atoms with Crippen LogP contribution in [-0.4, -0.2) is 48.7 Å². The van der Waals surface area contributed by atoms with Gasteiger partial charge in [-0.15, -0.1) is 0 Å². The average Bonchev–Trinajstić information content (AvgIpc) is 3.09. The third-order valence-corrected chi connectivity index (χ3v) is 7.50. The Kier molecular flexibility index (Phi) is 4.02. The molecule has 0 spiro atoms. The van der Waals surface area contributed by atoms with E-state index in [9.17, 15) is 4.79 Å². The molecule has 2 heterocycles. The van der Waals surface area contributed by atoms with Crippen LogP contribution in [0.2, 0.25) is 0 Å². The molecular weight excluding hydrogens is 406 g/mol. The fourth-order valence-corrected chi connectivity index (χ4v) is 5.93. The summed E-state index contributed by atoms with van der Waals surface area (Å²) < 4.78 is 15.8. The second kappa shape index (κ2) is 5.57. The number of carbonyl (C=O) groups is 1. The first-order chi connectivity index (χ1) is 10.9. The van der Waals surface area contributed by atoms with Crippen molar-refractivity contribution >= 4 is 35.9 Å². The van der Waals surface area contributed by atoms with Gasteiger partial charge in [0.25, 0.3) is 0 Å². The van der Waals surface area contributed by atoms with Crippen LogP contribution in [-0.2, 0) is 14.1 Å². The molecule has 5 aliphatic rings. The second-order valence-electron chi connectivity index (χ2n) is 8.44. The maximum absolute atomic E-state index is 12.3. The molecule has 23 heavy (non-hydrogen) atoms. The van der Waals surface area contributed by atoms with Crippen molar-refractivity contribution in [1.82, 2.24) is 8.43 Å². The SMILES string of the molecule is CC1(C)C2CC3OB([C@@H]4CCCN4C(=O)CNI)OC3(C)C1C2. The lowest BCUT2D eigenvalue weighted by Crippen LogP contribution is -2.65. The molecular formula is C16H26BIN2O3. The Balaban J connectivity index is 1.51. The number of nitrogens with one attached hydrogen (secondary N) is 1. The molecule has 2 saturated heterocycles. The van der Waals surface area contributed by atoms with Crippen LogP contribution >= 0.6 is 22.9 Å². The Morgan fingerprint density at radius 1 is 1.39 bits per heavy atom. The summed E-state index contributed by atoms with van der Waals surface area (Å²) in [5.74, 6) is 1.57. The van der Waals surface area contributed by atoms with E-state index >= 15 is 0 Å². The number of rotatable bonds is 3. The van der Waals surface area contributed by atoms with Crippen LogP contribution in [0.5, 0.6) is 0 Å². The Morgan fingerprint density at radius 3 is 2.87 bits per heavy atom. The van der Waals surface area contributed by atoms with E-state index in [0.29, 0.717) is 17.9 Å². The highest BCUT2D eigenvalue weighted by atomic mass is 127. The molecule has 5 fully saturated rings. The number of carbonyl (C=O) groups excluding carboxylic acids is 1. The van der Waals surface area contributed by atoms with Crippen molar-refractivity contribution in [2.45, 2.75) is 64.1 Å². The Hall–Kier alpha value is 0.145. The van der Waals surface area contributed by atoms with E-state index in [1.54, 1.807) is 0 Å². The van der Waals surface area contributed by atoms with Crippen LogP contribution in [0.15, 0.2) is 0 Å². The van der Waals surface area contributed by atoms with Gasteiger partial charge in [0.2, 0.25) is 5.91 Å². The molecule has 0 radical (unpaired) electrons. The summed E-state index contributed by atoms with van der Waals surface area (Å²) in [6.45, 7) is 8.20. The van der Waals surface area contributed by atoms with Gasteiger partial charge in [-0.1, -0.05) is 13.8 Å². The highest BCUT2D eigenvalue weighted by Crippen LogP contribution is 2.65. The Morgan fingerprint density at radius 2 is 2.17 bits per heavy atom. The quantitative estimate of drug-likeness (QED) is 0.422. The van der Waals surface area contributed by atoms with E-state index in [2.05, 4.69) is 24.3 Å². The molecule has 5 rings (SSSR count). The van der Waals surface area contributed by atoms with Gasteiger partial charge in [0.1, 0.15) is 0 Å². The lowest BCUT2D eigenvalue weighted by molar-refractivity contribution is -0.199. The smallest absolute Gasteiger partial charge is 0.404 e. The van der Waals surface area contributed by atoms with Gasteiger partial charge < -0.3 is 14.2 Å². The van der Waals surface area contributed by atoms with E-state index in [1.807, 2.05) is 27.8 Å². The molecule has 1 N–H and O–H groups in total. The van der Waals surface area contributed by atoms with Crippen LogP contribution in [0.3, 0.4) is 0 Å². The van der Waals surface area contributed by atoms with Gasteiger partial charge >= 0.3 is 7.12 Å². The van der Waals surface area contributed by atoms with Gasteiger partial charge in [-0.05, 0) is 49.9 Å². The predicted octanol–water partition coefficient (Wildman–Crippen LogP) is 2.18. The number of hydrogen-bond acceptors (Lipinski definition) is 4. The van der Waals surface area contributed by atoms with Crippen LogP contribution in [0.1, 0.15) is 46.5 Å². The van der Waals surface area contributed by atoms with Crippen LogP contribution in [0.25, 0.3) is 0 Å². The summed E-state index contributed by atoms with van der Waals surface area (Å²) >= 11 is 2.03. The standard InChI is InChI=1S/C16H26BIN2O3/c1-15(2)10-7-11(15)16(3)12(8-10)22-17(23-16)13-5-4-6-20(13)14(21)9-19-18/h10-13,19H,4-9H2,1-3H3/t10?,11?,12?,13-,16?/m0/s1. The molecule has 2 aliphatic heterocycles. The van der Waals surface area contributed by atoms with Crippen molar-refractivity contribution < 1.29 is 14.1 Å². The van der Waals surface area contributed by atoms with Gasteiger partial charge in [0.05, 0.1) is 24.2 Å². The summed E-state index contributed by atoms with van der Waals surface area (Å²) in [5.41, 5.74) is 0.182. The van der Waals surface area contributed by atoms with Crippen molar-refractivity contribution in [3.05, 3.63) is 0 Å². The van der Waals surface area contributed by atoms with E-state index < -0.39 is 0 Å². The lowest BCUT2D eigenvalue weighted by atomic mass is 9.43. The predicted molar refractivity (Wildman–Crippen MR) is 96.9 cm³/mol. The second-order valence-corrected chi connectivity index (χ2v) is 9.21.